The predicted molar refractivity (Wildman–Crippen MR) is 204 cm³/mol. The van der Waals surface area contributed by atoms with Crippen molar-refractivity contribution >= 4 is 46.0 Å². The van der Waals surface area contributed by atoms with Crippen LogP contribution in [0.15, 0.2) is 69.3 Å². The number of benzene rings is 1. The van der Waals surface area contributed by atoms with Gasteiger partial charge in [-0.2, -0.15) is 8.42 Å². The van der Waals surface area contributed by atoms with E-state index in [0.29, 0.717) is 66.5 Å². The number of hydrogen-bond donors (Lipinski definition) is 0. The van der Waals surface area contributed by atoms with E-state index in [1.54, 1.807) is 17.9 Å². The number of halogens is 2. The third-order valence-electron chi connectivity index (χ3n) is 9.42. The molecular formula is C38H53F2N3O7SSi. The average Bonchev–Trinajstić information content (AvgIpc) is 3.44. The first-order valence-corrected chi connectivity index (χ1v) is 23.3. The number of rotatable bonds is 17. The van der Waals surface area contributed by atoms with E-state index in [0.717, 1.165) is 23.9 Å². The summed E-state index contributed by atoms with van der Waals surface area (Å²) in [4.78, 5) is 30.4. The zero-order valence-electron chi connectivity index (χ0n) is 31.5. The summed E-state index contributed by atoms with van der Waals surface area (Å²) in [5, 5.41) is 0.737. The lowest BCUT2D eigenvalue weighted by Crippen LogP contribution is -2.46. The molecule has 1 amide bonds. The largest absolute Gasteiger partial charge is 0.422 e. The molecule has 1 fully saturated rings. The van der Waals surface area contributed by atoms with Crippen molar-refractivity contribution in [2.24, 2.45) is 0 Å². The molecular weight excluding hydrogens is 709 g/mol. The Hall–Kier alpha value is -3.43. The fourth-order valence-corrected chi connectivity index (χ4v) is 7.86. The molecule has 1 aliphatic carbocycles. The van der Waals surface area contributed by atoms with Crippen molar-refractivity contribution in [2.45, 2.75) is 104 Å². The zero-order valence-corrected chi connectivity index (χ0v) is 33.3. The molecule has 0 radical (unpaired) electrons. The lowest BCUT2D eigenvalue weighted by molar-refractivity contribution is -0.131. The van der Waals surface area contributed by atoms with E-state index in [4.69, 9.17) is 13.3 Å². The maximum atomic E-state index is 14.6. The molecule has 0 spiro atoms. The molecule has 0 bridgehead atoms. The molecule has 10 nitrogen and oxygen atoms in total. The number of amides is 1. The Kier molecular flexibility index (Phi) is 14.0. The van der Waals surface area contributed by atoms with Crippen molar-refractivity contribution in [3.05, 3.63) is 82.0 Å². The van der Waals surface area contributed by atoms with Crippen molar-refractivity contribution < 1.29 is 35.3 Å². The summed E-state index contributed by atoms with van der Waals surface area (Å²) >= 11 is 0. The molecule has 2 heterocycles. The van der Waals surface area contributed by atoms with E-state index in [-0.39, 0.29) is 49.9 Å². The van der Waals surface area contributed by atoms with Crippen LogP contribution in [0, 0.1) is 5.82 Å². The molecule has 2 aromatic heterocycles. The highest BCUT2D eigenvalue weighted by Crippen LogP contribution is 2.33. The van der Waals surface area contributed by atoms with Crippen LogP contribution in [-0.2, 0) is 37.1 Å². The minimum absolute atomic E-state index is 0.0431. The van der Waals surface area contributed by atoms with Crippen molar-refractivity contribution in [2.75, 3.05) is 26.0 Å². The number of hydrogen-bond acceptors (Lipinski definition) is 8. The Labute approximate surface area is 306 Å². The summed E-state index contributed by atoms with van der Waals surface area (Å²) in [6.45, 7) is 16.9. The summed E-state index contributed by atoms with van der Waals surface area (Å²) in [6.07, 6.45) is 6.29. The molecule has 3 aromatic rings. The first kappa shape index (κ1) is 41.3. The third-order valence-corrected chi connectivity index (χ3v) is 11.7. The van der Waals surface area contributed by atoms with Gasteiger partial charge in [-0.3, -0.25) is 13.9 Å². The Morgan fingerprint density at radius 1 is 1.10 bits per heavy atom. The van der Waals surface area contributed by atoms with E-state index in [9.17, 15) is 26.8 Å². The summed E-state index contributed by atoms with van der Waals surface area (Å²) in [5.74, 6) is -1.10. The molecule has 4 rings (SSSR count). The highest BCUT2D eigenvalue weighted by molar-refractivity contribution is 7.85. The van der Waals surface area contributed by atoms with Crippen molar-refractivity contribution in [3.63, 3.8) is 0 Å². The SMILES string of the molecule is C=C/C(F)=C\C(=C(C)C)N(C(=O)CC)C1CCC(N(CCOS(C)(=O)=O)Cc2cc3c(=O)oc4ccc(F)cc4c3n2COCC[Si](C)(C)C)CC1. The Morgan fingerprint density at radius 2 is 1.77 bits per heavy atom. The van der Waals surface area contributed by atoms with Gasteiger partial charge in [0.05, 0.1) is 23.8 Å². The van der Waals surface area contributed by atoms with Gasteiger partial charge in [0, 0.05) is 63.1 Å². The van der Waals surface area contributed by atoms with Gasteiger partial charge in [-0.15, -0.1) is 0 Å². The van der Waals surface area contributed by atoms with Gasteiger partial charge in [-0.25, -0.2) is 13.6 Å². The highest BCUT2D eigenvalue weighted by Gasteiger charge is 2.33. The van der Waals surface area contributed by atoms with Gasteiger partial charge < -0.3 is 18.6 Å². The lowest BCUT2D eigenvalue weighted by atomic mass is 9.88. The molecule has 1 aromatic carbocycles. The monoisotopic (exact) mass is 761 g/mol. The molecule has 0 saturated heterocycles. The molecule has 0 atom stereocenters. The first-order valence-electron chi connectivity index (χ1n) is 17.8. The number of aromatic nitrogens is 1. The van der Waals surface area contributed by atoms with Crippen LogP contribution in [-0.4, -0.2) is 74.9 Å². The molecule has 0 aliphatic heterocycles. The van der Waals surface area contributed by atoms with Gasteiger partial charge in [0.2, 0.25) is 5.91 Å². The van der Waals surface area contributed by atoms with Gasteiger partial charge in [0.1, 0.15) is 24.0 Å². The number of nitrogens with zero attached hydrogens (tertiary/aromatic N) is 3. The van der Waals surface area contributed by atoms with Crippen LogP contribution in [0.2, 0.25) is 25.7 Å². The highest BCUT2D eigenvalue weighted by atomic mass is 32.2. The fraction of sp³-hybridized carbons (Fsp3) is 0.526. The third kappa shape index (κ3) is 10.8. The zero-order chi connectivity index (χ0) is 38.4. The number of carbonyl (C=O) groups excluding carboxylic acids is 1. The fourth-order valence-electron chi connectivity index (χ4n) is 6.73. The lowest BCUT2D eigenvalue weighted by Gasteiger charge is -2.41. The van der Waals surface area contributed by atoms with Crippen LogP contribution in [0.25, 0.3) is 21.9 Å². The number of ether oxygens (including phenoxy) is 1. The van der Waals surface area contributed by atoms with Crippen LogP contribution in [0.1, 0.15) is 58.6 Å². The summed E-state index contributed by atoms with van der Waals surface area (Å²) in [6, 6.07) is 6.50. The second-order valence-electron chi connectivity index (χ2n) is 14.9. The topological polar surface area (TPSA) is 111 Å². The van der Waals surface area contributed by atoms with Crippen molar-refractivity contribution in [1.82, 2.24) is 14.4 Å². The van der Waals surface area contributed by atoms with Gasteiger partial charge in [0.25, 0.3) is 10.1 Å². The van der Waals surface area contributed by atoms with E-state index in [2.05, 4.69) is 31.1 Å². The summed E-state index contributed by atoms with van der Waals surface area (Å²) < 4.78 is 71.8. The predicted octanol–water partition coefficient (Wildman–Crippen LogP) is 7.86. The molecule has 1 aliphatic rings. The van der Waals surface area contributed by atoms with Crippen LogP contribution in [0.5, 0.6) is 0 Å². The van der Waals surface area contributed by atoms with E-state index >= 15 is 0 Å². The van der Waals surface area contributed by atoms with E-state index in [1.807, 2.05) is 18.4 Å². The Bertz CT molecular complexity index is 1990. The summed E-state index contributed by atoms with van der Waals surface area (Å²) in [5.41, 5.74) is 2.25. The normalized spacial score (nSPS) is 17.2. The minimum Gasteiger partial charge on any atom is -0.422 e. The number of allylic oxidation sites excluding steroid dienone is 4. The van der Waals surface area contributed by atoms with Gasteiger partial charge >= 0.3 is 5.63 Å². The molecule has 1 saturated carbocycles. The quantitative estimate of drug-likeness (QED) is 0.0450. The van der Waals surface area contributed by atoms with Crippen molar-refractivity contribution in [1.29, 1.82) is 0 Å². The number of fused-ring (bicyclic) bond motifs is 3. The standard InChI is InChI=1S/C38H53F2N3O7SSi/c1-9-27(39)22-34(26(3)4)43(36(44)10-2)30-14-12-29(13-15-30)41(17-18-49-51(5,46)47)24-31-23-33-37(42(31)25-48-19-20-52(6,7)8)32-21-28(40)11-16-35(32)50-38(33)45/h9,11,16,21-23,29-30H,1,10,12-15,17-20,24-25H2,2-8H3/b27-22+. The Balaban J connectivity index is 1.71. The maximum absolute atomic E-state index is 14.6. The Morgan fingerprint density at radius 3 is 2.37 bits per heavy atom. The van der Waals surface area contributed by atoms with Crippen LogP contribution >= 0.6 is 0 Å². The summed E-state index contributed by atoms with van der Waals surface area (Å²) in [7, 11) is -5.11. The number of carbonyl (C=O) groups is 1. The van der Waals surface area contributed by atoms with Gasteiger partial charge in [0.15, 0.2) is 0 Å². The molecule has 0 N–H and O–H groups in total. The van der Waals surface area contributed by atoms with Gasteiger partial charge in [-0.1, -0.05) is 38.7 Å². The average molecular weight is 762 g/mol. The second kappa shape index (κ2) is 17.6. The van der Waals surface area contributed by atoms with Crippen LogP contribution < -0.4 is 5.63 Å². The molecule has 286 valence electrons. The van der Waals surface area contributed by atoms with E-state index < -0.39 is 35.5 Å². The second-order valence-corrected chi connectivity index (χ2v) is 22.2. The van der Waals surface area contributed by atoms with Gasteiger partial charge in [-0.05, 0) is 82.0 Å². The first-order chi connectivity index (χ1) is 24.4. The van der Waals surface area contributed by atoms with Crippen LogP contribution in [0.4, 0.5) is 8.78 Å². The van der Waals surface area contributed by atoms with E-state index in [1.165, 1.54) is 24.3 Å². The minimum atomic E-state index is -3.71. The van der Waals surface area contributed by atoms with Crippen molar-refractivity contribution in [3.8, 4) is 0 Å². The molecule has 0 unspecified atom stereocenters. The molecule has 14 heteroatoms. The molecule has 52 heavy (non-hydrogen) atoms. The smallest absolute Gasteiger partial charge is 0.345 e. The van der Waals surface area contributed by atoms with Crippen LogP contribution in [0.3, 0.4) is 0 Å². The maximum Gasteiger partial charge on any atom is 0.345 e.